The summed E-state index contributed by atoms with van der Waals surface area (Å²) in [6.45, 7) is 8.28. The summed E-state index contributed by atoms with van der Waals surface area (Å²) in [5.74, 6) is 0.585. The molecule has 33 heavy (non-hydrogen) atoms. The van der Waals surface area contributed by atoms with Crippen molar-refractivity contribution in [1.29, 1.82) is 0 Å². The van der Waals surface area contributed by atoms with Crippen LogP contribution in [0.5, 0.6) is 0 Å². The molecule has 5 rings (SSSR count). The Morgan fingerprint density at radius 1 is 1.24 bits per heavy atom. The quantitative estimate of drug-likeness (QED) is 0.629. The number of piperazine rings is 1. The molecule has 3 aromatic heterocycles. The molecule has 2 aliphatic rings. The van der Waals surface area contributed by atoms with E-state index in [-0.39, 0.29) is 11.3 Å². The molecule has 0 saturated carbocycles. The number of hydrogen-bond acceptors (Lipinski definition) is 5. The van der Waals surface area contributed by atoms with Crippen molar-refractivity contribution in [3.63, 3.8) is 0 Å². The van der Waals surface area contributed by atoms with E-state index in [1.807, 2.05) is 6.07 Å². The van der Waals surface area contributed by atoms with Gasteiger partial charge in [0.05, 0.1) is 11.4 Å². The highest BCUT2D eigenvalue weighted by Crippen LogP contribution is 2.35. The predicted octanol–water partition coefficient (Wildman–Crippen LogP) is 3.76. The van der Waals surface area contributed by atoms with Gasteiger partial charge >= 0.3 is 6.03 Å². The van der Waals surface area contributed by atoms with Gasteiger partial charge in [0, 0.05) is 67.1 Å². The van der Waals surface area contributed by atoms with Crippen molar-refractivity contribution in [3.05, 3.63) is 47.5 Å². The van der Waals surface area contributed by atoms with E-state index < -0.39 is 12.5 Å². The third-order valence-corrected chi connectivity index (χ3v) is 6.21. The number of amides is 2. The zero-order chi connectivity index (χ0) is 23.3. The second kappa shape index (κ2) is 8.26. The van der Waals surface area contributed by atoms with Crippen molar-refractivity contribution >= 4 is 28.9 Å². The first-order valence-electron chi connectivity index (χ1n) is 11.1. The number of anilines is 3. The summed E-state index contributed by atoms with van der Waals surface area (Å²) >= 11 is 0. The molecule has 0 aromatic carbocycles. The number of halogens is 2. The van der Waals surface area contributed by atoms with E-state index in [0.29, 0.717) is 42.2 Å². The van der Waals surface area contributed by atoms with E-state index >= 15 is 0 Å². The molecule has 8 nitrogen and oxygen atoms in total. The molecule has 0 unspecified atom stereocenters. The van der Waals surface area contributed by atoms with Gasteiger partial charge in [0.2, 0.25) is 0 Å². The van der Waals surface area contributed by atoms with E-state index in [9.17, 15) is 13.6 Å². The van der Waals surface area contributed by atoms with Crippen molar-refractivity contribution in [2.24, 2.45) is 0 Å². The molecule has 2 amide bonds. The molecule has 1 saturated heterocycles. The number of fused-ring (bicyclic) bond motifs is 2. The van der Waals surface area contributed by atoms with E-state index in [2.05, 4.69) is 39.3 Å². The molecule has 174 valence electrons. The highest BCUT2D eigenvalue weighted by Gasteiger charge is 2.32. The Bertz CT molecular complexity index is 1200. The smallest absolute Gasteiger partial charge is 0.327 e. The predicted molar refractivity (Wildman–Crippen MR) is 123 cm³/mol. The van der Waals surface area contributed by atoms with Crippen molar-refractivity contribution in [2.75, 3.05) is 34.8 Å². The zero-order valence-electron chi connectivity index (χ0n) is 18.8. The van der Waals surface area contributed by atoms with Gasteiger partial charge in [-0.05, 0) is 39.3 Å². The van der Waals surface area contributed by atoms with Crippen molar-refractivity contribution < 1.29 is 13.6 Å². The summed E-state index contributed by atoms with van der Waals surface area (Å²) in [5.41, 5.74) is 3.03. The van der Waals surface area contributed by atoms with Crippen LogP contribution in [0.4, 0.5) is 30.8 Å². The molecule has 0 aliphatic carbocycles. The topological polar surface area (TPSA) is 77.8 Å². The van der Waals surface area contributed by atoms with Crippen molar-refractivity contribution in [3.8, 4) is 0 Å². The summed E-state index contributed by atoms with van der Waals surface area (Å²) in [6, 6.07) is 3.54. The molecule has 3 aromatic rings. The van der Waals surface area contributed by atoms with E-state index in [1.165, 1.54) is 17.2 Å². The average molecular weight is 456 g/mol. The zero-order valence-corrected chi connectivity index (χ0v) is 18.8. The van der Waals surface area contributed by atoms with Crippen LogP contribution in [0, 0.1) is 6.92 Å². The van der Waals surface area contributed by atoms with E-state index in [1.54, 1.807) is 23.7 Å². The minimum Gasteiger partial charge on any atom is -0.368 e. The molecule has 0 spiro atoms. The molecule has 1 fully saturated rings. The number of carbonyl (C=O) groups is 1. The Hall–Kier alpha value is -3.27. The van der Waals surface area contributed by atoms with Gasteiger partial charge in [0.15, 0.2) is 0 Å². The number of aryl methyl sites for hydroxylation is 1. The van der Waals surface area contributed by atoms with Gasteiger partial charge in [-0.25, -0.2) is 23.5 Å². The van der Waals surface area contributed by atoms with Crippen LogP contribution in [0.2, 0.25) is 0 Å². The minimum atomic E-state index is -2.74. The highest BCUT2D eigenvalue weighted by molar-refractivity contribution is 6.03. The van der Waals surface area contributed by atoms with Gasteiger partial charge in [0.25, 0.3) is 6.43 Å². The van der Waals surface area contributed by atoms with Gasteiger partial charge < -0.3 is 19.9 Å². The summed E-state index contributed by atoms with van der Waals surface area (Å²) in [7, 11) is 0. The number of nitrogens with one attached hydrogen (secondary N) is 2. The lowest BCUT2D eigenvalue weighted by molar-refractivity contribution is 0.152. The lowest BCUT2D eigenvalue weighted by Gasteiger charge is -2.38. The maximum absolute atomic E-state index is 13.7. The number of urea groups is 1. The Labute approximate surface area is 190 Å². The Morgan fingerprint density at radius 2 is 2.00 bits per heavy atom. The molecule has 2 aliphatic heterocycles. The van der Waals surface area contributed by atoms with Gasteiger partial charge in [-0.15, -0.1) is 0 Å². The molecule has 0 bridgehead atoms. The van der Waals surface area contributed by atoms with Crippen LogP contribution in [0.15, 0.2) is 30.7 Å². The molecular weight excluding hydrogens is 428 g/mol. The number of nitrogens with zero attached hydrogens (tertiary/aromatic N) is 5. The van der Waals surface area contributed by atoms with E-state index in [4.69, 9.17) is 0 Å². The summed E-state index contributed by atoms with van der Waals surface area (Å²) < 4.78 is 29.1. The van der Waals surface area contributed by atoms with Crippen LogP contribution in [0.3, 0.4) is 0 Å². The molecule has 2 atom stereocenters. The fourth-order valence-corrected chi connectivity index (χ4v) is 4.93. The number of imidazole rings is 1. The van der Waals surface area contributed by atoms with Gasteiger partial charge in [0.1, 0.15) is 11.5 Å². The van der Waals surface area contributed by atoms with Crippen LogP contribution in [0.25, 0.3) is 5.65 Å². The monoisotopic (exact) mass is 455 g/mol. The third kappa shape index (κ3) is 3.99. The molecule has 0 radical (unpaired) electrons. The van der Waals surface area contributed by atoms with Crippen LogP contribution in [0.1, 0.15) is 37.1 Å². The second-order valence-electron chi connectivity index (χ2n) is 8.93. The normalized spacial score (nSPS) is 20.5. The number of aromatic nitrogens is 3. The number of rotatable bonds is 3. The number of hydrogen-bond donors (Lipinski definition) is 2. The summed E-state index contributed by atoms with van der Waals surface area (Å²) in [5, 5.41) is 6.21. The first-order chi connectivity index (χ1) is 15.8. The fraction of sp³-hybridized carbons (Fsp3) is 0.435. The maximum atomic E-state index is 13.7. The lowest BCUT2D eigenvalue weighted by atomic mass is 10.1. The number of alkyl halides is 2. The van der Waals surface area contributed by atoms with Gasteiger partial charge in [-0.2, -0.15) is 0 Å². The first-order valence-corrected chi connectivity index (χ1v) is 11.1. The summed E-state index contributed by atoms with van der Waals surface area (Å²) in [4.78, 5) is 25.7. The second-order valence-corrected chi connectivity index (χ2v) is 8.93. The molecule has 2 N–H and O–H groups in total. The third-order valence-electron chi connectivity index (χ3n) is 6.21. The number of carbonyl (C=O) groups excluding carboxylic acids is 1. The van der Waals surface area contributed by atoms with Crippen molar-refractivity contribution in [1.82, 2.24) is 19.7 Å². The standard InChI is InChI=1S/C23H27F2N7O/c1-13-9-30(10-14(2)27-13)19-4-6-26-22-16(19)5-7-32(22)23(33)29-18-12-31-11-15(3)28-20(31)8-17(18)21(24)25/h4,6,8,11-14,21,27H,5,7,9-10H2,1-3H3,(H,29,33)/t13-,14+. The largest absolute Gasteiger partial charge is 0.368 e. The van der Waals surface area contributed by atoms with Crippen LogP contribution in [-0.4, -0.2) is 52.1 Å². The SMILES string of the molecule is Cc1cn2cc(NC(=O)N3CCc4c(N5C[C@@H](C)N[C@@H](C)C5)ccnc43)c(C(F)F)cc2n1. The van der Waals surface area contributed by atoms with E-state index in [0.717, 1.165) is 24.3 Å². The molecule has 10 heteroatoms. The minimum absolute atomic E-state index is 0.0641. The molecular formula is C23H27F2N7O. The lowest BCUT2D eigenvalue weighted by Crippen LogP contribution is -2.54. The summed E-state index contributed by atoms with van der Waals surface area (Å²) in [6.07, 6.45) is 2.85. The van der Waals surface area contributed by atoms with Crippen LogP contribution < -0.4 is 20.4 Å². The van der Waals surface area contributed by atoms with Crippen molar-refractivity contribution in [2.45, 2.75) is 45.7 Å². The maximum Gasteiger partial charge on any atom is 0.327 e. The highest BCUT2D eigenvalue weighted by atomic mass is 19.3. The Balaban J connectivity index is 1.43. The Morgan fingerprint density at radius 3 is 2.73 bits per heavy atom. The van der Waals surface area contributed by atoms with Gasteiger partial charge in [-0.3, -0.25) is 4.90 Å². The first kappa shape index (κ1) is 21.6. The Kier molecular flexibility index (Phi) is 5.40. The average Bonchev–Trinajstić information content (AvgIpc) is 3.34. The number of pyridine rings is 2. The van der Waals surface area contributed by atoms with Crippen LogP contribution in [-0.2, 0) is 6.42 Å². The van der Waals surface area contributed by atoms with Crippen LogP contribution >= 0.6 is 0 Å². The fourth-order valence-electron chi connectivity index (χ4n) is 4.93. The van der Waals surface area contributed by atoms with Gasteiger partial charge in [-0.1, -0.05) is 0 Å². The molecule has 5 heterocycles.